The van der Waals surface area contributed by atoms with Crippen LogP contribution >= 0.6 is 11.3 Å². The molecule has 1 aliphatic rings. The number of thiazole rings is 1. The lowest BCUT2D eigenvalue weighted by Crippen LogP contribution is -2.32. The molecule has 0 fully saturated rings. The number of nitrogens with one attached hydrogen (secondary N) is 1. The molecule has 2 aromatic carbocycles. The van der Waals surface area contributed by atoms with Gasteiger partial charge in [-0.2, -0.15) is 0 Å². The van der Waals surface area contributed by atoms with E-state index in [2.05, 4.69) is 15.3 Å². The predicted octanol–water partition coefficient (Wildman–Crippen LogP) is 4.92. The Labute approximate surface area is 172 Å². The van der Waals surface area contributed by atoms with Crippen LogP contribution < -0.4 is 10.1 Å². The maximum Gasteiger partial charge on any atom is 0.251 e. The Morgan fingerprint density at radius 3 is 2.93 bits per heavy atom. The number of carbonyl (C=O) groups excluding carboxylic acids is 1. The van der Waals surface area contributed by atoms with Gasteiger partial charge in [0.15, 0.2) is 0 Å². The summed E-state index contributed by atoms with van der Waals surface area (Å²) in [6.45, 7) is 2.56. The molecule has 4 aromatic rings. The minimum absolute atomic E-state index is 0.0428. The van der Waals surface area contributed by atoms with Gasteiger partial charge in [0.05, 0.1) is 22.9 Å². The monoisotopic (exact) mass is 401 g/mol. The molecule has 1 aliphatic heterocycles. The standard InChI is InChI=1S/C23H19N3O2S/c1-14-6-7-16(13-24-14)23-26-19-9-8-15(12-21(19)29-23)22(27)25-18-10-11-28-20-5-3-2-4-17(18)20/h2-9,12-13,18H,10-11H2,1H3,(H,25,27). The largest absolute Gasteiger partial charge is 0.493 e. The lowest BCUT2D eigenvalue weighted by atomic mass is 10.00. The number of aryl methyl sites for hydroxylation is 1. The van der Waals surface area contributed by atoms with Crippen molar-refractivity contribution in [3.63, 3.8) is 0 Å². The van der Waals surface area contributed by atoms with Gasteiger partial charge in [0.1, 0.15) is 10.8 Å². The number of aromatic nitrogens is 2. The van der Waals surface area contributed by atoms with Gasteiger partial charge in [0.25, 0.3) is 5.91 Å². The lowest BCUT2D eigenvalue weighted by molar-refractivity contribution is 0.0925. The van der Waals surface area contributed by atoms with Gasteiger partial charge < -0.3 is 10.1 Å². The highest BCUT2D eigenvalue weighted by atomic mass is 32.1. The number of fused-ring (bicyclic) bond motifs is 2. The Morgan fingerprint density at radius 1 is 1.17 bits per heavy atom. The van der Waals surface area contributed by atoms with Crippen LogP contribution in [0.15, 0.2) is 60.8 Å². The second-order valence-corrected chi connectivity index (χ2v) is 8.12. The van der Waals surface area contributed by atoms with Gasteiger partial charge in [-0.3, -0.25) is 9.78 Å². The zero-order chi connectivity index (χ0) is 19.8. The molecule has 29 heavy (non-hydrogen) atoms. The number of amides is 1. The molecule has 2 aromatic heterocycles. The van der Waals surface area contributed by atoms with Crippen molar-refractivity contribution in [2.75, 3.05) is 6.61 Å². The van der Waals surface area contributed by atoms with Gasteiger partial charge in [-0.1, -0.05) is 18.2 Å². The van der Waals surface area contributed by atoms with Crippen LogP contribution in [0.2, 0.25) is 0 Å². The van der Waals surface area contributed by atoms with Crippen molar-refractivity contribution in [2.24, 2.45) is 0 Å². The van der Waals surface area contributed by atoms with Crippen molar-refractivity contribution >= 4 is 27.5 Å². The average molecular weight is 401 g/mol. The first-order chi connectivity index (χ1) is 14.2. The molecule has 0 spiro atoms. The van der Waals surface area contributed by atoms with E-state index in [1.807, 2.05) is 67.7 Å². The molecule has 6 heteroatoms. The lowest BCUT2D eigenvalue weighted by Gasteiger charge is -2.26. The quantitative estimate of drug-likeness (QED) is 0.529. The highest BCUT2D eigenvalue weighted by Crippen LogP contribution is 2.33. The summed E-state index contributed by atoms with van der Waals surface area (Å²) in [5, 5.41) is 4.06. The van der Waals surface area contributed by atoms with Crippen LogP contribution in [0.5, 0.6) is 5.75 Å². The molecule has 0 aliphatic carbocycles. The van der Waals surface area contributed by atoms with E-state index in [1.165, 1.54) is 0 Å². The molecule has 5 rings (SSSR count). The number of ether oxygens (including phenoxy) is 1. The fourth-order valence-corrected chi connectivity index (χ4v) is 4.51. The Bertz CT molecular complexity index is 1200. The molecule has 3 heterocycles. The Hall–Kier alpha value is -3.25. The van der Waals surface area contributed by atoms with Gasteiger partial charge in [-0.05, 0) is 43.3 Å². The van der Waals surface area contributed by atoms with E-state index in [0.29, 0.717) is 12.2 Å². The molecule has 0 radical (unpaired) electrons. The fourth-order valence-electron chi connectivity index (χ4n) is 3.52. The Morgan fingerprint density at radius 2 is 2.07 bits per heavy atom. The van der Waals surface area contributed by atoms with Crippen LogP contribution in [0.3, 0.4) is 0 Å². The van der Waals surface area contributed by atoms with Crippen molar-refractivity contribution in [3.05, 3.63) is 77.6 Å². The molecule has 1 N–H and O–H groups in total. The molecule has 0 saturated heterocycles. The van der Waals surface area contributed by atoms with Gasteiger partial charge in [-0.25, -0.2) is 4.98 Å². The topological polar surface area (TPSA) is 64.1 Å². The number of benzene rings is 2. The maximum atomic E-state index is 12.9. The van der Waals surface area contributed by atoms with Crippen molar-refractivity contribution < 1.29 is 9.53 Å². The summed E-state index contributed by atoms with van der Waals surface area (Å²) in [4.78, 5) is 21.9. The highest BCUT2D eigenvalue weighted by Gasteiger charge is 2.23. The number of para-hydroxylation sites is 1. The molecule has 0 saturated carbocycles. The fraction of sp³-hybridized carbons (Fsp3) is 0.174. The summed E-state index contributed by atoms with van der Waals surface area (Å²) < 4.78 is 6.67. The molecular weight excluding hydrogens is 382 g/mol. The maximum absolute atomic E-state index is 12.9. The van der Waals surface area contributed by atoms with Crippen molar-refractivity contribution in [1.82, 2.24) is 15.3 Å². The normalized spacial score (nSPS) is 15.6. The predicted molar refractivity (Wildman–Crippen MR) is 114 cm³/mol. The van der Waals surface area contributed by atoms with Gasteiger partial charge in [0.2, 0.25) is 0 Å². The van der Waals surface area contributed by atoms with Gasteiger partial charge in [-0.15, -0.1) is 11.3 Å². The Balaban J connectivity index is 1.40. The van der Waals surface area contributed by atoms with Crippen molar-refractivity contribution in [2.45, 2.75) is 19.4 Å². The zero-order valence-electron chi connectivity index (χ0n) is 15.9. The summed E-state index contributed by atoms with van der Waals surface area (Å²) in [6, 6.07) is 17.5. The van der Waals surface area contributed by atoms with E-state index in [-0.39, 0.29) is 11.9 Å². The molecule has 0 bridgehead atoms. The number of nitrogens with zero attached hydrogens (tertiary/aromatic N) is 2. The van der Waals surface area contributed by atoms with E-state index in [9.17, 15) is 4.79 Å². The van der Waals surface area contributed by atoms with Gasteiger partial charge >= 0.3 is 0 Å². The summed E-state index contributed by atoms with van der Waals surface area (Å²) in [5.74, 6) is 0.763. The summed E-state index contributed by atoms with van der Waals surface area (Å²) in [6.07, 6.45) is 2.60. The number of carbonyl (C=O) groups is 1. The number of rotatable bonds is 3. The number of hydrogen-bond donors (Lipinski definition) is 1. The average Bonchev–Trinajstić information content (AvgIpc) is 3.18. The Kier molecular flexibility index (Phi) is 4.48. The van der Waals surface area contributed by atoms with Crippen LogP contribution in [0.4, 0.5) is 0 Å². The summed E-state index contributed by atoms with van der Waals surface area (Å²) in [7, 11) is 0. The smallest absolute Gasteiger partial charge is 0.251 e. The van der Waals surface area contributed by atoms with Crippen LogP contribution in [0, 0.1) is 6.92 Å². The minimum Gasteiger partial charge on any atom is -0.493 e. The second kappa shape index (κ2) is 7.29. The van der Waals surface area contributed by atoms with Crippen molar-refractivity contribution in [3.8, 4) is 16.3 Å². The third kappa shape index (κ3) is 3.47. The molecular formula is C23H19N3O2S. The van der Waals surface area contributed by atoms with Crippen LogP contribution in [-0.2, 0) is 0 Å². The number of pyridine rings is 1. The zero-order valence-corrected chi connectivity index (χ0v) is 16.7. The van der Waals surface area contributed by atoms with E-state index in [1.54, 1.807) is 11.3 Å². The van der Waals surface area contributed by atoms with E-state index < -0.39 is 0 Å². The molecule has 5 nitrogen and oxygen atoms in total. The number of hydrogen-bond acceptors (Lipinski definition) is 5. The molecule has 1 amide bonds. The summed E-state index contributed by atoms with van der Waals surface area (Å²) >= 11 is 1.57. The van der Waals surface area contributed by atoms with Crippen molar-refractivity contribution in [1.29, 1.82) is 0 Å². The van der Waals surface area contributed by atoms with E-state index in [4.69, 9.17) is 4.74 Å². The SMILES string of the molecule is Cc1ccc(-c2nc3ccc(C(=O)NC4CCOc5ccccc54)cc3s2)cn1. The third-order valence-electron chi connectivity index (χ3n) is 5.07. The first-order valence-corrected chi connectivity index (χ1v) is 10.4. The molecule has 1 unspecified atom stereocenters. The first kappa shape index (κ1) is 17.8. The second-order valence-electron chi connectivity index (χ2n) is 7.09. The minimum atomic E-state index is -0.0828. The van der Waals surface area contributed by atoms with Crippen LogP contribution in [0.1, 0.15) is 34.1 Å². The van der Waals surface area contributed by atoms with E-state index >= 15 is 0 Å². The first-order valence-electron chi connectivity index (χ1n) is 9.53. The van der Waals surface area contributed by atoms with Crippen LogP contribution in [0.25, 0.3) is 20.8 Å². The highest BCUT2D eigenvalue weighted by molar-refractivity contribution is 7.21. The van der Waals surface area contributed by atoms with Gasteiger partial charge in [0, 0.05) is 35.0 Å². The molecule has 1 atom stereocenters. The van der Waals surface area contributed by atoms with E-state index in [0.717, 1.165) is 44.2 Å². The third-order valence-corrected chi connectivity index (χ3v) is 6.14. The summed E-state index contributed by atoms with van der Waals surface area (Å²) in [5.41, 5.74) is 4.52. The van der Waals surface area contributed by atoms with Crippen LogP contribution in [-0.4, -0.2) is 22.5 Å². The molecule has 144 valence electrons.